The Hall–Kier alpha value is -1.35. The van der Waals surface area contributed by atoms with Crippen molar-refractivity contribution >= 4 is 11.8 Å². The van der Waals surface area contributed by atoms with Gasteiger partial charge in [-0.05, 0) is 6.92 Å². The number of carbonyl (C=O) groups excluding carboxylic acids is 2. The maximum absolute atomic E-state index is 12.2. The van der Waals surface area contributed by atoms with Gasteiger partial charge in [-0.1, -0.05) is 0 Å². The third-order valence-electron chi connectivity index (χ3n) is 3.08. The smallest absolute Gasteiger partial charge is 0.394 e. The van der Waals surface area contributed by atoms with Crippen LogP contribution in [0.1, 0.15) is 13.3 Å². The van der Waals surface area contributed by atoms with Crippen molar-refractivity contribution in [1.29, 1.82) is 0 Å². The molecule has 0 saturated carbocycles. The number of alkyl halides is 3. The summed E-state index contributed by atoms with van der Waals surface area (Å²) in [4.78, 5) is 23.8. The van der Waals surface area contributed by atoms with Crippen LogP contribution in [-0.2, 0) is 9.59 Å². The Kier molecular flexibility index (Phi) is 4.98. The van der Waals surface area contributed by atoms with Gasteiger partial charge in [0.05, 0.1) is 24.7 Å². The number of hydrogen-bond donors (Lipinski definition) is 3. The molecule has 0 aliphatic carbocycles. The molecule has 1 fully saturated rings. The van der Waals surface area contributed by atoms with E-state index in [0.29, 0.717) is 4.90 Å². The van der Waals surface area contributed by atoms with Gasteiger partial charge >= 0.3 is 6.18 Å². The first-order valence-corrected chi connectivity index (χ1v) is 5.98. The third-order valence-corrected chi connectivity index (χ3v) is 3.08. The van der Waals surface area contributed by atoms with E-state index in [1.165, 1.54) is 6.92 Å². The molecule has 1 heterocycles. The number of carbonyl (C=O) groups is 2. The summed E-state index contributed by atoms with van der Waals surface area (Å²) in [7, 11) is 0. The monoisotopic (exact) mass is 298 g/mol. The molecule has 1 aliphatic heterocycles. The number of halogens is 3. The summed E-state index contributed by atoms with van der Waals surface area (Å²) in [6, 6.07) is 0. The molecule has 1 aliphatic rings. The van der Waals surface area contributed by atoms with Crippen molar-refractivity contribution < 1.29 is 33.0 Å². The molecule has 0 bridgehead atoms. The first-order valence-electron chi connectivity index (χ1n) is 5.98. The first kappa shape index (κ1) is 16.7. The Morgan fingerprint density at radius 1 is 1.40 bits per heavy atom. The van der Waals surface area contributed by atoms with Crippen LogP contribution in [0.25, 0.3) is 0 Å². The lowest BCUT2D eigenvalue weighted by atomic mass is 10.0. The topological polar surface area (TPSA) is 89.9 Å². The molecule has 9 heteroatoms. The second kappa shape index (κ2) is 5.96. The molecule has 6 nitrogen and oxygen atoms in total. The second-order valence-electron chi connectivity index (χ2n) is 5.16. The molecule has 1 saturated heterocycles. The van der Waals surface area contributed by atoms with E-state index in [1.54, 1.807) is 0 Å². The predicted molar refractivity (Wildman–Crippen MR) is 61.5 cm³/mol. The van der Waals surface area contributed by atoms with Crippen LogP contribution in [0.3, 0.4) is 0 Å². The summed E-state index contributed by atoms with van der Waals surface area (Å²) in [5, 5.41) is 20.4. The van der Waals surface area contributed by atoms with E-state index < -0.39 is 49.2 Å². The molecule has 1 atom stereocenters. The van der Waals surface area contributed by atoms with E-state index in [-0.39, 0.29) is 13.0 Å². The number of likely N-dealkylation sites (tertiary alicyclic amines) is 1. The van der Waals surface area contributed by atoms with Crippen LogP contribution in [0.2, 0.25) is 0 Å². The summed E-state index contributed by atoms with van der Waals surface area (Å²) in [6.07, 6.45) is -4.82. The molecule has 116 valence electrons. The van der Waals surface area contributed by atoms with Crippen LogP contribution in [0.5, 0.6) is 0 Å². The van der Waals surface area contributed by atoms with Gasteiger partial charge in [-0.3, -0.25) is 9.59 Å². The molecule has 2 amide bonds. The fraction of sp³-hybridized carbons (Fsp3) is 0.818. The molecule has 1 unspecified atom stereocenters. The lowest BCUT2D eigenvalue weighted by molar-refractivity contribution is -0.157. The van der Waals surface area contributed by atoms with Gasteiger partial charge in [0.2, 0.25) is 11.8 Å². The summed E-state index contributed by atoms with van der Waals surface area (Å²) < 4.78 is 36.7. The average molecular weight is 298 g/mol. The minimum Gasteiger partial charge on any atom is -0.394 e. The van der Waals surface area contributed by atoms with Gasteiger partial charge < -0.3 is 20.4 Å². The number of nitrogens with zero attached hydrogens (tertiary/aromatic N) is 1. The first-order chi connectivity index (χ1) is 9.10. The zero-order chi connectivity index (χ0) is 15.6. The number of amides is 2. The molecular weight excluding hydrogens is 281 g/mol. The van der Waals surface area contributed by atoms with Crippen LogP contribution in [0.4, 0.5) is 13.2 Å². The molecule has 0 aromatic rings. The quantitative estimate of drug-likeness (QED) is 0.623. The third kappa shape index (κ3) is 4.34. The summed E-state index contributed by atoms with van der Waals surface area (Å²) >= 11 is 0. The van der Waals surface area contributed by atoms with Crippen LogP contribution in [0.15, 0.2) is 0 Å². The SMILES string of the molecule is CC(CO)(CO)NC(=O)C1CC(=O)N(CC(F)(F)F)C1. The Morgan fingerprint density at radius 3 is 2.40 bits per heavy atom. The van der Waals surface area contributed by atoms with Crippen molar-refractivity contribution in [3.63, 3.8) is 0 Å². The van der Waals surface area contributed by atoms with Crippen LogP contribution in [-0.4, -0.2) is 64.9 Å². The van der Waals surface area contributed by atoms with E-state index in [9.17, 15) is 22.8 Å². The lowest BCUT2D eigenvalue weighted by Crippen LogP contribution is -2.53. The van der Waals surface area contributed by atoms with E-state index in [4.69, 9.17) is 10.2 Å². The minimum atomic E-state index is -4.51. The molecule has 3 N–H and O–H groups in total. The van der Waals surface area contributed by atoms with Gasteiger partial charge in [0.1, 0.15) is 6.54 Å². The van der Waals surface area contributed by atoms with E-state index in [2.05, 4.69) is 5.32 Å². The molecular formula is C11H17F3N2O4. The van der Waals surface area contributed by atoms with Crippen LogP contribution in [0, 0.1) is 5.92 Å². The molecule has 0 aromatic carbocycles. The van der Waals surface area contributed by atoms with Gasteiger partial charge in [0, 0.05) is 13.0 Å². The van der Waals surface area contributed by atoms with Crippen molar-refractivity contribution in [3.05, 3.63) is 0 Å². The summed E-state index contributed by atoms with van der Waals surface area (Å²) in [6.45, 7) is -1.37. The highest BCUT2D eigenvalue weighted by Crippen LogP contribution is 2.24. The summed E-state index contributed by atoms with van der Waals surface area (Å²) in [5.74, 6) is -2.31. The van der Waals surface area contributed by atoms with Crippen molar-refractivity contribution in [2.45, 2.75) is 25.1 Å². The van der Waals surface area contributed by atoms with E-state index >= 15 is 0 Å². The van der Waals surface area contributed by atoms with Gasteiger partial charge in [0.15, 0.2) is 0 Å². The Bertz CT molecular complexity index is 382. The largest absolute Gasteiger partial charge is 0.406 e. The zero-order valence-electron chi connectivity index (χ0n) is 10.9. The molecule has 0 radical (unpaired) electrons. The second-order valence-corrected chi connectivity index (χ2v) is 5.16. The fourth-order valence-corrected chi connectivity index (χ4v) is 1.85. The number of aliphatic hydroxyl groups excluding tert-OH is 2. The van der Waals surface area contributed by atoms with Crippen molar-refractivity contribution in [2.75, 3.05) is 26.3 Å². The highest BCUT2D eigenvalue weighted by molar-refractivity contribution is 5.89. The minimum absolute atomic E-state index is 0.311. The lowest BCUT2D eigenvalue weighted by Gasteiger charge is -2.27. The van der Waals surface area contributed by atoms with E-state index in [0.717, 1.165) is 0 Å². The average Bonchev–Trinajstić information content (AvgIpc) is 2.68. The Labute approximate surface area is 113 Å². The fourth-order valence-electron chi connectivity index (χ4n) is 1.85. The molecule has 1 rings (SSSR count). The number of hydrogen-bond acceptors (Lipinski definition) is 4. The maximum atomic E-state index is 12.2. The van der Waals surface area contributed by atoms with Crippen LogP contribution >= 0.6 is 0 Å². The highest BCUT2D eigenvalue weighted by Gasteiger charge is 2.41. The van der Waals surface area contributed by atoms with Crippen molar-refractivity contribution in [2.24, 2.45) is 5.92 Å². The maximum Gasteiger partial charge on any atom is 0.406 e. The predicted octanol–water partition coefficient (Wildman–Crippen LogP) is -0.743. The summed E-state index contributed by atoms with van der Waals surface area (Å²) in [5.41, 5.74) is -1.27. The van der Waals surface area contributed by atoms with E-state index in [1.807, 2.05) is 0 Å². The van der Waals surface area contributed by atoms with Crippen LogP contribution < -0.4 is 5.32 Å². The Balaban J connectivity index is 2.62. The van der Waals surface area contributed by atoms with Gasteiger partial charge in [-0.15, -0.1) is 0 Å². The molecule has 20 heavy (non-hydrogen) atoms. The molecule has 0 spiro atoms. The van der Waals surface area contributed by atoms with Gasteiger partial charge in [0.25, 0.3) is 0 Å². The number of nitrogens with one attached hydrogen (secondary N) is 1. The Morgan fingerprint density at radius 2 is 1.95 bits per heavy atom. The zero-order valence-corrected chi connectivity index (χ0v) is 10.9. The van der Waals surface area contributed by atoms with Crippen molar-refractivity contribution in [1.82, 2.24) is 10.2 Å². The number of aliphatic hydroxyl groups is 2. The standard InChI is InChI=1S/C11H17F3N2O4/c1-10(5-17,6-18)15-9(20)7-2-8(19)16(3-7)4-11(12,13)14/h7,17-18H,2-6H2,1H3,(H,15,20). The van der Waals surface area contributed by atoms with Gasteiger partial charge in [-0.25, -0.2) is 0 Å². The highest BCUT2D eigenvalue weighted by atomic mass is 19.4. The van der Waals surface area contributed by atoms with Crippen molar-refractivity contribution in [3.8, 4) is 0 Å². The molecule has 0 aromatic heterocycles. The normalized spacial score (nSPS) is 20.4. The van der Waals surface area contributed by atoms with Gasteiger partial charge in [-0.2, -0.15) is 13.2 Å². The number of rotatable bonds is 5.